The third kappa shape index (κ3) is 7.75. The number of thioether (sulfide) groups is 1. The lowest BCUT2D eigenvalue weighted by molar-refractivity contribution is 0.105. The van der Waals surface area contributed by atoms with Gasteiger partial charge in [-0.25, -0.2) is 0 Å². The van der Waals surface area contributed by atoms with Crippen LogP contribution in [0.25, 0.3) is 0 Å². The van der Waals surface area contributed by atoms with Crippen molar-refractivity contribution in [1.82, 2.24) is 10.6 Å². The lowest BCUT2D eigenvalue weighted by Gasteiger charge is -2.18. The highest BCUT2D eigenvalue weighted by molar-refractivity contribution is 14.0. The number of hydrogen-bond acceptors (Lipinski definition) is 4. The van der Waals surface area contributed by atoms with Crippen LogP contribution in [-0.4, -0.2) is 37.5 Å². The van der Waals surface area contributed by atoms with E-state index < -0.39 is 0 Å². The van der Waals surface area contributed by atoms with Gasteiger partial charge in [-0.05, 0) is 43.5 Å². The number of nitrogens with one attached hydrogen (secondary N) is 2. The molecule has 1 aromatic heterocycles. The summed E-state index contributed by atoms with van der Waals surface area (Å²) >= 11 is 1.97. The van der Waals surface area contributed by atoms with E-state index in [-0.39, 0.29) is 24.0 Å². The molecule has 0 unspecified atom stereocenters. The van der Waals surface area contributed by atoms with Crippen molar-refractivity contribution >= 4 is 41.7 Å². The summed E-state index contributed by atoms with van der Waals surface area (Å²) in [6.45, 7) is 2.98. The van der Waals surface area contributed by atoms with Crippen molar-refractivity contribution in [3.05, 3.63) is 54.5 Å². The first-order chi connectivity index (χ1) is 12.8. The summed E-state index contributed by atoms with van der Waals surface area (Å²) in [6, 6.07) is 14.4. The molecule has 5 nitrogen and oxygen atoms in total. The van der Waals surface area contributed by atoms with E-state index in [0.29, 0.717) is 18.0 Å². The molecule has 1 aliphatic carbocycles. The quantitative estimate of drug-likeness (QED) is 0.220. The van der Waals surface area contributed by atoms with E-state index in [9.17, 15) is 0 Å². The average molecular weight is 501 g/mol. The van der Waals surface area contributed by atoms with E-state index in [1.54, 1.807) is 6.26 Å². The molecule has 0 aliphatic heterocycles. The van der Waals surface area contributed by atoms with E-state index in [1.807, 2.05) is 30.9 Å². The number of furan rings is 1. The maximum atomic E-state index is 5.59. The zero-order chi connectivity index (χ0) is 18.1. The number of aliphatic imine (C=N–C) groups is 1. The molecule has 3 rings (SSSR count). The van der Waals surface area contributed by atoms with Crippen LogP contribution < -0.4 is 10.6 Å². The molecule has 27 heavy (non-hydrogen) atoms. The molecule has 1 saturated carbocycles. The normalized spacial score (nSPS) is 15.1. The first kappa shape index (κ1) is 22.1. The summed E-state index contributed by atoms with van der Waals surface area (Å²) in [5.74, 6) is 1.72. The van der Waals surface area contributed by atoms with Crippen LogP contribution in [0.5, 0.6) is 0 Å². The number of ether oxygens (including phenoxy) is 1. The van der Waals surface area contributed by atoms with Gasteiger partial charge in [0, 0.05) is 36.4 Å². The van der Waals surface area contributed by atoms with Gasteiger partial charge in [0.2, 0.25) is 0 Å². The van der Waals surface area contributed by atoms with Gasteiger partial charge in [0.15, 0.2) is 5.96 Å². The molecule has 1 aromatic carbocycles. The highest BCUT2D eigenvalue weighted by Gasteiger charge is 2.43. The zero-order valence-electron chi connectivity index (χ0n) is 15.6. The molecule has 0 atom stereocenters. The van der Waals surface area contributed by atoms with Gasteiger partial charge in [-0.3, -0.25) is 4.99 Å². The maximum absolute atomic E-state index is 5.59. The molecule has 1 fully saturated rings. The molecular weight excluding hydrogens is 473 g/mol. The highest BCUT2D eigenvalue weighted by Crippen LogP contribution is 2.51. The Morgan fingerprint density at radius 3 is 2.67 bits per heavy atom. The van der Waals surface area contributed by atoms with Gasteiger partial charge in [-0.15, -0.1) is 35.7 Å². The van der Waals surface area contributed by atoms with E-state index in [0.717, 1.165) is 31.2 Å². The van der Waals surface area contributed by atoms with Crippen molar-refractivity contribution in [3.63, 3.8) is 0 Å². The topological polar surface area (TPSA) is 58.8 Å². The number of guanidine groups is 1. The largest absolute Gasteiger partial charge is 0.467 e. The van der Waals surface area contributed by atoms with Gasteiger partial charge >= 0.3 is 0 Å². The fraction of sp³-hybridized carbons (Fsp3) is 0.450. The minimum Gasteiger partial charge on any atom is -0.467 e. The van der Waals surface area contributed by atoms with Gasteiger partial charge in [-0.2, -0.15) is 0 Å². The van der Waals surface area contributed by atoms with Crippen molar-refractivity contribution < 1.29 is 9.15 Å². The van der Waals surface area contributed by atoms with Crippen molar-refractivity contribution in [2.24, 2.45) is 4.99 Å². The number of nitrogens with zero attached hydrogens (tertiary/aromatic N) is 1. The Morgan fingerprint density at radius 1 is 1.19 bits per heavy atom. The molecule has 2 aromatic rings. The summed E-state index contributed by atoms with van der Waals surface area (Å²) in [7, 11) is 1.81. The predicted molar refractivity (Wildman–Crippen MR) is 122 cm³/mol. The van der Waals surface area contributed by atoms with Crippen LogP contribution in [0, 0.1) is 0 Å². The first-order valence-electron chi connectivity index (χ1n) is 9.08. The minimum atomic E-state index is 0. The molecule has 1 aliphatic rings. The van der Waals surface area contributed by atoms with Crippen LogP contribution in [-0.2, 0) is 11.3 Å². The van der Waals surface area contributed by atoms with Crippen molar-refractivity contribution in [1.29, 1.82) is 0 Å². The summed E-state index contributed by atoms with van der Waals surface area (Å²) in [5, 5.41) is 6.82. The Kier molecular flexibility index (Phi) is 9.50. The van der Waals surface area contributed by atoms with E-state index in [4.69, 9.17) is 9.15 Å². The first-order valence-corrected chi connectivity index (χ1v) is 9.90. The monoisotopic (exact) mass is 501 g/mol. The lowest BCUT2D eigenvalue weighted by Crippen LogP contribution is -2.41. The Labute approximate surface area is 182 Å². The second-order valence-electron chi connectivity index (χ2n) is 6.44. The third-order valence-corrected chi connectivity index (χ3v) is 5.76. The predicted octanol–water partition coefficient (Wildman–Crippen LogP) is 4.29. The van der Waals surface area contributed by atoms with Crippen LogP contribution in [0.15, 0.2) is 63.0 Å². The third-order valence-electron chi connectivity index (χ3n) is 4.27. The van der Waals surface area contributed by atoms with Crippen LogP contribution in [0.4, 0.5) is 0 Å². The van der Waals surface area contributed by atoms with Crippen molar-refractivity contribution in [2.45, 2.75) is 35.5 Å². The van der Waals surface area contributed by atoms with Crippen LogP contribution in [0.3, 0.4) is 0 Å². The Hall–Kier alpha value is -1.19. The van der Waals surface area contributed by atoms with Gasteiger partial charge in [0.05, 0.1) is 6.26 Å². The van der Waals surface area contributed by atoms with Crippen LogP contribution >= 0.6 is 35.7 Å². The number of rotatable bonds is 10. The molecule has 0 spiro atoms. The molecule has 0 bridgehead atoms. The summed E-state index contributed by atoms with van der Waals surface area (Å²) < 4.78 is 11.1. The molecule has 0 radical (unpaired) electrons. The highest BCUT2D eigenvalue weighted by atomic mass is 127. The zero-order valence-corrected chi connectivity index (χ0v) is 18.8. The van der Waals surface area contributed by atoms with E-state index in [2.05, 4.69) is 46.0 Å². The lowest BCUT2D eigenvalue weighted by atomic mass is 10.4. The van der Waals surface area contributed by atoms with Crippen LogP contribution in [0.1, 0.15) is 25.0 Å². The second kappa shape index (κ2) is 11.6. The van der Waals surface area contributed by atoms with Crippen molar-refractivity contribution in [3.8, 4) is 0 Å². The average Bonchev–Trinajstić information content (AvgIpc) is 3.22. The molecule has 7 heteroatoms. The fourth-order valence-corrected chi connectivity index (χ4v) is 3.85. The number of hydrogen-bond donors (Lipinski definition) is 2. The molecule has 2 N–H and O–H groups in total. The Bertz CT molecular complexity index is 676. The maximum Gasteiger partial charge on any atom is 0.191 e. The van der Waals surface area contributed by atoms with Gasteiger partial charge in [0.1, 0.15) is 12.4 Å². The molecule has 1 heterocycles. The number of benzene rings is 1. The van der Waals surface area contributed by atoms with Gasteiger partial charge in [-0.1, -0.05) is 18.2 Å². The molecule has 148 valence electrons. The SMILES string of the molecule is CN=C(NCCCOCc1ccco1)NCC1(Sc2ccccc2)CC1.I. The standard InChI is InChI=1S/C20H27N3O2S.HI/c1-21-19(22-12-6-13-24-15-17-7-5-14-25-17)23-16-20(10-11-20)26-18-8-3-2-4-9-18;/h2-5,7-9,14H,6,10-13,15-16H2,1H3,(H2,21,22,23);1H. The summed E-state index contributed by atoms with van der Waals surface area (Å²) in [4.78, 5) is 5.65. The van der Waals surface area contributed by atoms with E-state index in [1.165, 1.54) is 17.7 Å². The molecule has 0 amide bonds. The molecule has 0 saturated heterocycles. The minimum absolute atomic E-state index is 0. The van der Waals surface area contributed by atoms with Gasteiger partial charge < -0.3 is 19.8 Å². The second-order valence-corrected chi connectivity index (χ2v) is 7.98. The summed E-state index contributed by atoms with van der Waals surface area (Å²) in [6.07, 6.45) is 5.08. The Balaban J connectivity index is 0.00000261. The number of halogens is 1. The summed E-state index contributed by atoms with van der Waals surface area (Å²) in [5.41, 5.74) is 0. The molecular formula is C20H28IN3O2S. The Morgan fingerprint density at radius 2 is 2.00 bits per heavy atom. The van der Waals surface area contributed by atoms with E-state index >= 15 is 0 Å². The smallest absolute Gasteiger partial charge is 0.191 e. The van der Waals surface area contributed by atoms with Crippen LogP contribution in [0.2, 0.25) is 0 Å². The van der Waals surface area contributed by atoms with Gasteiger partial charge in [0.25, 0.3) is 0 Å². The fourth-order valence-electron chi connectivity index (χ4n) is 2.61. The van der Waals surface area contributed by atoms with Crippen molar-refractivity contribution in [2.75, 3.05) is 26.7 Å².